The van der Waals surface area contributed by atoms with E-state index >= 15 is 0 Å². The predicted molar refractivity (Wildman–Crippen MR) is 97.3 cm³/mol. The molecule has 2 aromatic rings. The summed E-state index contributed by atoms with van der Waals surface area (Å²) < 4.78 is 1.35. The van der Waals surface area contributed by atoms with Gasteiger partial charge in [0.15, 0.2) is 0 Å². The maximum atomic E-state index is 13.1. The van der Waals surface area contributed by atoms with Crippen LogP contribution in [0, 0.1) is 6.92 Å². The molecule has 0 saturated carbocycles. The number of fused-ring (bicyclic) bond motifs is 1. The highest BCUT2D eigenvalue weighted by Gasteiger charge is 2.35. The minimum absolute atomic E-state index is 0.157. The van der Waals surface area contributed by atoms with E-state index in [2.05, 4.69) is 15.0 Å². The number of hydrogen-bond donors (Lipinski definition) is 0. The Hall–Kier alpha value is -1.96. The number of rotatable bonds is 2. The summed E-state index contributed by atoms with van der Waals surface area (Å²) in [6.45, 7) is 4.34. The molecule has 1 atom stereocenters. The molecule has 134 valence electrons. The second-order valence-electron chi connectivity index (χ2n) is 6.91. The molecule has 2 aliphatic rings. The zero-order valence-electron chi connectivity index (χ0n) is 14.5. The summed E-state index contributed by atoms with van der Waals surface area (Å²) in [4.78, 5) is 34.2. The van der Waals surface area contributed by atoms with Crippen molar-refractivity contribution in [1.82, 2.24) is 19.5 Å². The van der Waals surface area contributed by atoms with Crippen LogP contribution in [0.2, 0.25) is 0 Å². The van der Waals surface area contributed by atoms with Gasteiger partial charge in [-0.15, -0.1) is 5.10 Å². The van der Waals surface area contributed by atoms with E-state index in [9.17, 15) is 9.59 Å². The van der Waals surface area contributed by atoms with Gasteiger partial charge in [0, 0.05) is 31.4 Å². The Morgan fingerprint density at radius 2 is 1.92 bits per heavy atom. The van der Waals surface area contributed by atoms with Gasteiger partial charge in [-0.05, 0) is 32.6 Å². The number of anilines is 1. The first-order valence-corrected chi connectivity index (χ1v) is 9.88. The molecule has 0 spiro atoms. The van der Waals surface area contributed by atoms with Crippen molar-refractivity contribution >= 4 is 27.3 Å². The van der Waals surface area contributed by atoms with E-state index in [-0.39, 0.29) is 17.5 Å². The van der Waals surface area contributed by atoms with Gasteiger partial charge in [0.2, 0.25) is 16.0 Å². The van der Waals surface area contributed by atoms with Crippen LogP contribution in [0.1, 0.15) is 44.2 Å². The van der Waals surface area contributed by atoms with E-state index in [0.717, 1.165) is 50.4 Å². The van der Waals surface area contributed by atoms with Gasteiger partial charge in [0.1, 0.15) is 6.04 Å². The molecule has 25 heavy (non-hydrogen) atoms. The number of hydrogen-bond acceptors (Lipinski definition) is 6. The monoisotopic (exact) mass is 361 g/mol. The summed E-state index contributed by atoms with van der Waals surface area (Å²) in [6, 6.07) is 1.33. The smallest absolute Gasteiger partial charge is 0.275 e. The van der Waals surface area contributed by atoms with Gasteiger partial charge in [0.25, 0.3) is 5.56 Å². The highest BCUT2D eigenvalue weighted by molar-refractivity contribution is 7.20. The molecule has 0 bridgehead atoms. The van der Waals surface area contributed by atoms with Crippen molar-refractivity contribution in [3.05, 3.63) is 22.1 Å². The molecule has 7 nitrogen and oxygen atoms in total. The Balaban J connectivity index is 1.62. The molecule has 2 saturated heterocycles. The lowest BCUT2D eigenvalue weighted by atomic mass is 10.2. The van der Waals surface area contributed by atoms with Gasteiger partial charge in [-0.2, -0.15) is 4.52 Å². The molecule has 8 heteroatoms. The van der Waals surface area contributed by atoms with Crippen LogP contribution < -0.4 is 10.5 Å². The normalized spacial score (nSPS) is 21.7. The molecule has 0 aliphatic carbocycles. The summed E-state index contributed by atoms with van der Waals surface area (Å²) in [5, 5.41) is 5.17. The van der Waals surface area contributed by atoms with Gasteiger partial charge in [-0.1, -0.05) is 24.2 Å². The summed E-state index contributed by atoms with van der Waals surface area (Å²) >= 11 is 1.39. The molecule has 4 heterocycles. The van der Waals surface area contributed by atoms with Gasteiger partial charge < -0.3 is 9.80 Å². The van der Waals surface area contributed by atoms with E-state index in [1.54, 1.807) is 0 Å². The Labute approximate surface area is 150 Å². The van der Waals surface area contributed by atoms with Crippen LogP contribution in [0.25, 0.3) is 4.96 Å². The predicted octanol–water partition coefficient (Wildman–Crippen LogP) is 1.83. The summed E-state index contributed by atoms with van der Waals surface area (Å²) in [5.41, 5.74) is 0.526. The first-order chi connectivity index (χ1) is 12.1. The highest BCUT2D eigenvalue weighted by atomic mass is 32.1. The van der Waals surface area contributed by atoms with Crippen LogP contribution in [0.15, 0.2) is 10.9 Å². The average Bonchev–Trinajstić information content (AvgIpc) is 3.13. The molecule has 2 fully saturated rings. The van der Waals surface area contributed by atoms with Crippen LogP contribution in [0.4, 0.5) is 5.13 Å². The van der Waals surface area contributed by atoms with Crippen LogP contribution >= 0.6 is 11.3 Å². The van der Waals surface area contributed by atoms with Crippen molar-refractivity contribution < 1.29 is 4.79 Å². The molecular formula is C17H23N5O2S. The van der Waals surface area contributed by atoms with Crippen LogP contribution in [0.3, 0.4) is 0 Å². The van der Waals surface area contributed by atoms with Crippen LogP contribution in [-0.4, -0.2) is 51.1 Å². The van der Waals surface area contributed by atoms with Gasteiger partial charge in [-0.3, -0.25) is 9.59 Å². The third-order valence-electron chi connectivity index (χ3n) is 5.06. The first kappa shape index (κ1) is 16.5. The topological polar surface area (TPSA) is 70.8 Å². The highest BCUT2D eigenvalue weighted by Crippen LogP contribution is 2.30. The quantitative estimate of drug-likeness (QED) is 0.816. The molecule has 1 unspecified atom stereocenters. The maximum Gasteiger partial charge on any atom is 0.275 e. The molecule has 2 aromatic heterocycles. The fourth-order valence-corrected chi connectivity index (χ4v) is 4.81. The molecule has 0 radical (unpaired) electrons. The zero-order valence-corrected chi connectivity index (χ0v) is 15.3. The molecule has 2 aliphatic heterocycles. The van der Waals surface area contributed by atoms with Crippen molar-refractivity contribution in [3.63, 3.8) is 0 Å². The number of carbonyl (C=O) groups is 1. The second-order valence-corrected chi connectivity index (χ2v) is 7.84. The van der Waals surface area contributed by atoms with E-state index < -0.39 is 0 Å². The standard InChI is InChI=1S/C17H23N5O2S/c1-12-11-14(23)22-16(18-12)25-17(19-22)21-10-6-7-13(21)15(24)20-8-4-2-3-5-9-20/h11,13H,2-10H2,1H3. The average molecular weight is 361 g/mol. The number of aryl methyl sites for hydroxylation is 1. The largest absolute Gasteiger partial charge is 0.341 e. The third kappa shape index (κ3) is 3.15. The van der Waals surface area contributed by atoms with Gasteiger partial charge in [-0.25, -0.2) is 4.98 Å². The molecule has 0 aromatic carbocycles. The lowest BCUT2D eigenvalue weighted by Gasteiger charge is -2.29. The van der Waals surface area contributed by atoms with Crippen molar-refractivity contribution in [2.24, 2.45) is 0 Å². The van der Waals surface area contributed by atoms with Crippen LogP contribution in [-0.2, 0) is 4.79 Å². The second kappa shape index (κ2) is 6.74. The fourth-order valence-electron chi connectivity index (χ4n) is 3.78. The molecule has 1 amide bonds. The van der Waals surface area contributed by atoms with Crippen molar-refractivity contribution in [3.8, 4) is 0 Å². The van der Waals surface area contributed by atoms with E-state index in [1.807, 2.05) is 11.8 Å². The van der Waals surface area contributed by atoms with Gasteiger partial charge in [0.05, 0.1) is 0 Å². The molecule has 4 rings (SSSR count). The Morgan fingerprint density at radius 1 is 1.16 bits per heavy atom. The Kier molecular flexibility index (Phi) is 4.45. The molecule has 0 N–H and O–H groups in total. The Bertz CT molecular complexity index is 837. The van der Waals surface area contributed by atoms with E-state index in [0.29, 0.717) is 10.7 Å². The van der Waals surface area contributed by atoms with Crippen LogP contribution in [0.5, 0.6) is 0 Å². The van der Waals surface area contributed by atoms with E-state index in [4.69, 9.17) is 0 Å². The van der Waals surface area contributed by atoms with Crippen molar-refractivity contribution in [1.29, 1.82) is 0 Å². The lowest BCUT2D eigenvalue weighted by molar-refractivity contribution is -0.132. The summed E-state index contributed by atoms with van der Waals surface area (Å²) in [5.74, 6) is 0.218. The van der Waals surface area contributed by atoms with Crippen molar-refractivity contribution in [2.45, 2.75) is 51.5 Å². The Morgan fingerprint density at radius 3 is 2.68 bits per heavy atom. The number of amides is 1. The summed E-state index contributed by atoms with van der Waals surface area (Å²) in [6.07, 6.45) is 6.44. The fraction of sp³-hybridized carbons (Fsp3) is 0.647. The number of aromatic nitrogens is 3. The SMILES string of the molecule is Cc1cc(=O)n2nc(N3CCCC3C(=O)N3CCCCCC3)sc2n1. The third-order valence-corrected chi connectivity index (χ3v) is 6.01. The zero-order chi connectivity index (χ0) is 17.4. The number of carbonyl (C=O) groups excluding carboxylic acids is 1. The molecular weight excluding hydrogens is 338 g/mol. The van der Waals surface area contributed by atoms with E-state index in [1.165, 1.54) is 34.8 Å². The minimum Gasteiger partial charge on any atom is -0.341 e. The number of likely N-dealkylation sites (tertiary alicyclic amines) is 1. The summed E-state index contributed by atoms with van der Waals surface area (Å²) in [7, 11) is 0. The minimum atomic E-state index is -0.167. The van der Waals surface area contributed by atoms with Gasteiger partial charge >= 0.3 is 0 Å². The lowest BCUT2D eigenvalue weighted by Crippen LogP contribution is -2.46. The van der Waals surface area contributed by atoms with Crippen molar-refractivity contribution in [2.75, 3.05) is 24.5 Å². The first-order valence-electron chi connectivity index (χ1n) is 9.06. The maximum absolute atomic E-state index is 13.1. The number of nitrogens with zero attached hydrogens (tertiary/aromatic N) is 5.